The zero-order valence-electron chi connectivity index (χ0n) is 9.64. The van der Waals surface area contributed by atoms with Crippen molar-refractivity contribution in [1.29, 1.82) is 0 Å². The normalized spacial score (nSPS) is 9.67. The Balaban J connectivity index is 3.04. The average molecular weight is 213 g/mol. The van der Waals surface area contributed by atoms with Crippen LogP contribution in [0, 0.1) is 0 Å². The fraction of sp³-hybridized carbons (Fsp3) is 0.727. The molecule has 15 heavy (non-hydrogen) atoms. The highest BCUT2D eigenvalue weighted by atomic mass is 16.2. The molecule has 0 unspecified atom stereocenters. The third kappa shape index (κ3) is 10.9. The highest BCUT2D eigenvalue weighted by molar-refractivity contribution is 5.73. The second-order valence-electron chi connectivity index (χ2n) is 3.32. The van der Waals surface area contributed by atoms with E-state index in [1.54, 1.807) is 0 Å². The van der Waals surface area contributed by atoms with Crippen molar-refractivity contribution in [3.8, 4) is 0 Å². The molecule has 0 bridgehead atoms. The van der Waals surface area contributed by atoms with Gasteiger partial charge in [0.05, 0.1) is 0 Å². The molecule has 0 saturated carbocycles. The first kappa shape index (κ1) is 14.0. The lowest BCUT2D eigenvalue weighted by Crippen LogP contribution is -2.39. The predicted molar refractivity (Wildman–Crippen MR) is 64.0 cm³/mol. The predicted octanol–water partition coefficient (Wildman–Crippen LogP) is 1.25. The molecule has 0 aromatic carbocycles. The monoisotopic (exact) mass is 213 g/mol. The summed E-state index contributed by atoms with van der Waals surface area (Å²) >= 11 is 0. The Morgan fingerprint density at radius 1 is 1.20 bits per heavy atom. The van der Waals surface area contributed by atoms with Crippen LogP contribution in [0.5, 0.6) is 0 Å². The van der Waals surface area contributed by atoms with Crippen LogP contribution in [-0.2, 0) is 0 Å². The van der Waals surface area contributed by atoms with Gasteiger partial charge in [0.15, 0.2) is 0 Å². The van der Waals surface area contributed by atoms with Crippen molar-refractivity contribution >= 4 is 6.03 Å². The Morgan fingerprint density at radius 2 is 2.00 bits per heavy atom. The SMILES string of the molecule is C=CCCCCNCCNC(=O)NCC. The second-order valence-corrected chi connectivity index (χ2v) is 3.32. The molecular formula is C11H23N3O. The number of hydrogen-bond acceptors (Lipinski definition) is 2. The Labute approximate surface area is 92.5 Å². The fourth-order valence-electron chi connectivity index (χ4n) is 1.15. The number of unbranched alkanes of at least 4 members (excludes halogenated alkanes) is 2. The fourth-order valence-corrected chi connectivity index (χ4v) is 1.15. The van der Waals surface area contributed by atoms with Crippen LogP contribution in [0.15, 0.2) is 12.7 Å². The molecule has 0 aromatic heterocycles. The first-order valence-electron chi connectivity index (χ1n) is 5.64. The van der Waals surface area contributed by atoms with Crippen LogP contribution in [0.25, 0.3) is 0 Å². The minimum Gasteiger partial charge on any atom is -0.338 e. The van der Waals surface area contributed by atoms with Crippen molar-refractivity contribution in [2.24, 2.45) is 0 Å². The molecule has 0 saturated heterocycles. The van der Waals surface area contributed by atoms with Gasteiger partial charge in [-0.15, -0.1) is 6.58 Å². The van der Waals surface area contributed by atoms with E-state index in [0.29, 0.717) is 13.1 Å². The molecule has 0 aliphatic heterocycles. The first-order valence-corrected chi connectivity index (χ1v) is 5.64. The van der Waals surface area contributed by atoms with E-state index in [0.717, 1.165) is 25.9 Å². The van der Waals surface area contributed by atoms with E-state index < -0.39 is 0 Å². The number of hydrogen-bond donors (Lipinski definition) is 3. The van der Waals surface area contributed by atoms with Gasteiger partial charge in [-0.1, -0.05) is 6.08 Å². The quantitative estimate of drug-likeness (QED) is 0.399. The Hall–Kier alpha value is -1.03. The minimum absolute atomic E-state index is 0.0917. The molecule has 0 aromatic rings. The van der Waals surface area contributed by atoms with Gasteiger partial charge in [-0.05, 0) is 32.7 Å². The van der Waals surface area contributed by atoms with Crippen molar-refractivity contribution in [3.63, 3.8) is 0 Å². The lowest BCUT2D eigenvalue weighted by Gasteiger charge is -2.06. The molecule has 0 radical (unpaired) electrons. The highest BCUT2D eigenvalue weighted by Crippen LogP contribution is 1.92. The number of rotatable bonds is 9. The van der Waals surface area contributed by atoms with E-state index in [-0.39, 0.29) is 6.03 Å². The molecule has 0 fully saturated rings. The van der Waals surface area contributed by atoms with Gasteiger partial charge >= 0.3 is 6.03 Å². The standard InChI is InChI=1S/C11H23N3O/c1-3-5-6-7-8-12-9-10-14-11(15)13-4-2/h3,12H,1,4-10H2,2H3,(H2,13,14,15). The summed E-state index contributed by atoms with van der Waals surface area (Å²) < 4.78 is 0. The molecule has 0 spiro atoms. The lowest BCUT2D eigenvalue weighted by atomic mass is 10.2. The van der Waals surface area contributed by atoms with Gasteiger partial charge in [0.2, 0.25) is 0 Å². The largest absolute Gasteiger partial charge is 0.338 e. The molecule has 4 nitrogen and oxygen atoms in total. The molecule has 4 heteroatoms. The molecule has 3 N–H and O–H groups in total. The van der Waals surface area contributed by atoms with Gasteiger partial charge in [-0.3, -0.25) is 0 Å². The molecular weight excluding hydrogens is 190 g/mol. The highest BCUT2D eigenvalue weighted by Gasteiger charge is 1.94. The summed E-state index contributed by atoms with van der Waals surface area (Å²) in [5, 5.41) is 8.70. The Bertz CT molecular complexity index is 171. The van der Waals surface area contributed by atoms with Crippen LogP contribution < -0.4 is 16.0 Å². The molecule has 0 atom stereocenters. The third-order valence-corrected chi connectivity index (χ3v) is 1.94. The van der Waals surface area contributed by atoms with Crippen molar-refractivity contribution in [1.82, 2.24) is 16.0 Å². The zero-order chi connectivity index (χ0) is 11.4. The number of amides is 2. The van der Waals surface area contributed by atoms with E-state index in [4.69, 9.17) is 0 Å². The molecule has 0 aliphatic rings. The molecule has 0 rings (SSSR count). The van der Waals surface area contributed by atoms with Gasteiger partial charge in [0, 0.05) is 19.6 Å². The summed E-state index contributed by atoms with van der Waals surface area (Å²) in [6.45, 7) is 8.74. The van der Waals surface area contributed by atoms with Crippen LogP contribution in [0.2, 0.25) is 0 Å². The van der Waals surface area contributed by atoms with Gasteiger partial charge < -0.3 is 16.0 Å². The van der Waals surface area contributed by atoms with Gasteiger partial charge in [0.25, 0.3) is 0 Å². The first-order chi connectivity index (χ1) is 7.31. The maximum absolute atomic E-state index is 11.0. The maximum atomic E-state index is 11.0. The van der Waals surface area contributed by atoms with E-state index >= 15 is 0 Å². The van der Waals surface area contributed by atoms with Gasteiger partial charge in [0.1, 0.15) is 0 Å². The van der Waals surface area contributed by atoms with E-state index in [9.17, 15) is 4.79 Å². The van der Waals surface area contributed by atoms with Crippen LogP contribution in [0.4, 0.5) is 4.79 Å². The van der Waals surface area contributed by atoms with Crippen LogP contribution in [0.1, 0.15) is 26.2 Å². The zero-order valence-corrected chi connectivity index (χ0v) is 9.64. The minimum atomic E-state index is -0.0917. The van der Waals surface area contributed by atoms with Crippen molar-refractivity contribution < 1.29 is 4.79 Å². The smallest absolute Gasteiger partial charge is 0.314 e. The number of allylic oxidation sites excluding steroid dienone is 1. The second kappa shape index (κ2) is 11.0. The van der Waals surface area contributed by atoms with Crippen molar-refractivity contribution in [2.75, 3.05) is 26.2 Å². The van der Waals surface area contributed by atoms with Crippen molar-refractivity contribution in [2.45, 2.75) is 26.2 Å². The summed E-state index contributed by atoms with van der Waals surface area (Å²) in [5.41, 5.74) is 0. The molecule has 88 valence electrons. The number of urea groups is 1. The summed E-state index contributed by atoms with van der Waals surface area (Å²) in [5.74, 6) is 0. The molecule has 0 aliphatic carbocycles. The van der Waals surface area contributed by atoms with E-state index in [1.807, 2.05) is 13.0 Å². The Morgan fingerprint density at radius 3 is 2.67 bits per heavy atom. The summed E-state index contributed by atoms with van der Waals surface area (Å²) in [6.07, 6.45) is 5.36. The number of carbonyl (C=O) groups is 1. The van der Waals surface area contributed by atoms with E-state index in [1.165, 1.54) is 6.42 Å². The molecule has 0 heterocycles. The summed E-state index contributed by atoms with van der Waals surface area (Å²) in [4.78, 5) is 11.0. The van der Waals surface area contributed by atoms with Gasteiger partial charge in [-0.25, -0.2) is 4.79 Å². The molecule has 2 amide bonds. The van der Waals surface area contributed by atoms with E-state index in [2.05, 4.69) is 22.5 Å². The maximum Gasteiger partial charge on any atom is 0.314 e. The number of carbonyl (C=O) groups excluding carboxylic acids is 1. The van der Waals surface area contributed by atoms with Gasteiger partial charge in [-0.2, -0.15) is 0 Å². The van der Waals surface area contributed by atoms with Crippen LogP contribution in [-0.4, -0.2) is 32.2 Å². The third-order valence-electron chi connectivity index (χ3n) is 1.94. The topological polar surface area (TPSA) is 53.2 Å². The number of nitrogens with one attached hydrogen (secondary N) is 3. The summed E-state index contributed by atoms with van der Waals surface area (Å²) in [6, 6.07) is -0.0917. The van der Waals surface area contributed by atoms with Crippen LogP contribution >= 0.6 is 0 Å². The Kier molecular flexibility index (Phi) is 10.3. The average Bonchev–Trinajstić information content (AvgIpc) is 2.22. The summed E-state index contributed by atoms with van der Waals surface area (Å²) in [7, 11) is 0. The van der Waals surface area contributed by atoms with Crippen LogP contribution in [0.3, 0.4) is 0 Å². The van der Waals surface area contributed by atoms with Crippen molar-refractivity contribution in [3.05, 3.63) is 12.7 Å². The lowest BCUT2D eigenvalue weighted by molar-refractivity contribution is 0.241.